The first-order valence-electron chi connectivity index (χ1n) is 7.07. The lowest BCUT2D eigenvalue weighted by atomic mass is 9.87. The summed E-state index contributed by atoms with van der Waals surface area (Å²) in [6, 6.07) is 0. The number of unbranched alkanes of at least 4 members (excludes halogenated alkanes) is 3. The van der Waals surface area contributed by atoms with E-state index in [4.69, 9.17) is 8.74 Å². The van der Waals surface area contributed by atoms with Crippen LogP contribution in [0.3, 0.4) is 0 Å². The predicted molar refractivity (Wildman–Crippen MR) is 79.0 cm³/mol. The topological polar surface area (TPSA) is 98.6 Å². The summed E-state index contributed by atoms with van der Waals surface area (Å²) in [7, 11) is -4.37. The molecule has 5 nitrogen and oxygen atoms in total. The first-order chi connectivity index (χ1) is 8.39. The Labute approximate surface area is 118 Å². The molecular weight excluding hydrogens is 266 g/mol. The molecule has 0 rings (SSSR count). The van der Waals surface area contributed by atoms with Gasteiger partial charge in [-0.05, 0) is 19.3 Å². The van der Waals surface area contributed by atoms with Gasteiger partial charge in [0.1, 0.15) is 0 Å². The molecular formula is C13H31NO4S. The van der Waals surface area contributed by atoms with Gasteiger partial charge in [0.25, 0.3) is 0 Å². The molecule has 0 saturated heterocycles. The van der Waals surface area contributed by atoms with Gasteiger partial charge in [-0.15, -0.1) is 0 Å². The van der Waals surface area contributed by atoms with Gasteiger partial charge in [0.2, 0.25) is 0 Å². The van der Waals surface area contributed by atoms with Crippen LogP contribution in [0.4, 0.5) is 0 Å². The molecule has 6 heteroatoms. The quantitative estimate of drug-likeness (QED) is 0.438. The molecule has 0 bridgehead atoms. The lowest BCUT2D eigenvalue weighted by Crippen LogP contribution is -2.35. The van der Waals surface area contributed by atoms with Crippen molar-refractivity contribution in [1.29, 1.82) is 0 Å². The Morgan fingerprint density at radius 2 is 1.42 bits per heavy atom. The minimum Gasteiger partial charge on any atom is -0.344 e. The van der Waals surface area contributed by atoms with E-state index in [9.17, 15) is 8.42 Å². The molecule has 0 atom stereocenters. The summed E-state index contributed by atoms with van der Waals surface area (Å²) < 4.78 is 36.0. The fraction of sp³-hybridized carbons (Fsp3) is 1.00. The zero-order chi connectivity index (χ0) is 14.1. The van der Waals surface area contributed by atoms with Gasteiger partial charge in [-0.2, -0.15) is 8.42 Å². The van der Waals surface area contributed by atoms with Crippen molar-refractivity contribution >= 4 is 10.4 Å². The summed E-state index contributed by atoms with van der Waals surface area (Å²) >= 11 is 0. The first kappa shape index (κ1) is 21.1. The third-order valence-electron chi connectivity index (χ3n) is 3.18. The van der Waals surface area contributed by atoms with E-state index in [0.29, 0.717) is 19.3 Å². The van der Waals surface area contributed by atoms with Crippen molar-refractivity contribution in [2.75, 3.05) is 0 Å². The Balaban J connectivity index is 0. The fourth-order valence-electron chi connectivity index (χ4n) is 2.51. The minimum absolute atomic E-state index is 0. The van der Waals surface area contributed by atoms with Crippen LogP contribution in [0.5, 0.6) is 0 Å². The van der Waals surface area contributed by atoms with Crippen molar-refractivity contribution in [1.82, 2.24) is 6.15 Å². The van der Waals surface area contributed by atoms with E-state index in [0.717, 1.165) is 38.5 Å². The van der Waals surface area contributed by atoms with E-state index in [1.807, 2.05) is 13.8 Å². The molecule has 0 aliphatic heterocycles. The summed E-state index contributed by atoms with van der Waals surface area (Å²) in [6.45, 7) is 6.15. The van der Waals surface area contributed by atoms with Crippen LogP contribution in [-0.4, -0.2) is 18.6 Å². The Kier molecular flexibility index (Phi) is 11.8. The summed E-state index contributed by atoms with van der Waals surface area (Å²) in [6.07, 6.45) is 8.08. The van der Waals surface area contributed by atoms with Crippen molar-refractivity contribution < 1.29 is 17.2 Å². The second-order valence-electron chi connectivity index (χ2n) is 5.00. The van der Waals surface area contributed by atoms with Gasteiger partial charge >= 0.3 is 10.4 Å². The SMILES string of the molecule is CCCCCCC(CCC)(CCC)OS(=O)(=O)O.N. The van der Waals surface area contributed by atoms with Crippen LogP contribution in [0, 0.1) is 0 Å². The summed E-state index contributed by atoms with van der Waals surface area (Å²) in [5, 5.41) is 0. The van der Waals surface area contributed by atoms with E-state index in [-0.39, 0.29) is 6.15 Å². The Morgan fingerprint density at radius 1 is 0.895 bits per heavy atom. The normalized spacial score (nSPS) is 12.2. The highest BCUT2D eigenvalue weighted by molar-refractivity contribution is 7.80. The van der Waals surface area contributed by atoms with Crippen LogP contribution in [0.1, 0.15) is 78.6 Å². The molecule has 0 saturated carbocycles. The van der Waals surface area contributed by atoms with Crippen molar-refractivity contribution in [3.63, 3.8) is 0 Å². The molecule has 0 aromatic heterocycles. The Hall–Kier alpha value is -0.170. The van der Waals surface area contributed by atoms with Gasteiger partial charge in [-0.3, -0.25) is 4.55 Å². The molecule has 0 aromatic rings. The summed E-state index contributed by atoms with van der Waals surface area (Å²) in [4.78, 5) is 0. The number of rotatable bonds is 11. The van der Waals surface area contributed by atoms with E-state index >= 15 is 0 Å². The number of hydrogen-bond donors (Lipinski definition) is 2. The average molecular weight is 297 g/mol. The predicted octanol–water partition coefficient (Wildman–Crippen LogP) is 4.28. The maximum absolute atomic E-state index is 11.0. The zero-order valence-electron chi connectivity index (χ0n) is 12.7. The molecule has 0 heterocycles. The highest BCUT2D eigenvalue weighted by Crippen LogP contribution is 2.32. The van der Waals surface area contributed by atoms with Crippen molar-refractivity contribution in [3.05, 3.63) is 0 Å². The molecule has 0 unspecified atom stereocenters. The maximum atomic E-state index is 11.0. The van der Waals surface area contributed by atoms with Gasteiger partial charge in [-0.1, -0.05) is 59.3 Å². The van der Waals surface area contributed by atoms with E-state index in [1.54, 1.807) is 0 Å². The van der Waals surface area contributed by atoms with E-state index in [1.165, 1.54) is 0 Å². The van der Waals surface area contributed by atoms with Gasteiger partial charge in [-0.25, -0.2) is 4.18 Å². The summed E-state index contributed by atoms with van der Waals surface area (Å²) in [5.74, 6) is 0. The largest absolute Gasteiger partial charge is 0.397 e. The van der Waals surface area contributed by atoms with Crippen LogP contribution in [0.15, 0.2) is 0 Å². The highest BCUT2D eigenvalue weighted by atomic mass is 32.3. The lowest BCUT2D eigenvalue weighted by Gasteiger charge is -2.31. The molecule has 0 aromatic carbocycles. The van der Waals surface area contributed by atoms with E-state index in [2.05, 4.69) is 6.92 Å². The fourth-order valence-corrected chi connectivity index (χ4v) is 3.21. The highest BCUT2D eigenvalue weighted by Gasteiger charge is 2.33. The van der Waals surface area contributed by atoms with Crippen LogP contribution < -0.4 is 6.15 Å². The average Bonchev–Trinajstić information content (AvgIpc) is 2.23. The maximum Gasteiger partial charge on any atom is 0.397 e. The van der Waals surface area contributed by atoms with Gasteiger partial charge in [0.05, 0.1) is 5.60 Å². The zero-order valence-corrected chi connectivity index (χ0v) is 13.5. The molecule has 0 spiro atoms. The third kappa shape index (κ3) is 10.3. The van der Waals surface area contributed by atoms with Crippen molar-refractivity contribution in [3.8, 4) is 0 Å². The standard InChI is InChI=1S/C13H28O4S.H3N/c1-4-7-8-9-12-13(10-5-2,11-6-3)17-18(14,15)16;/h4-12H2,1-3H3,(H,14,15,16);1H3. The molecule has 118 valence electrons. The first-order valence-corrected chi connectivity index (χ1v) is 8.43. The molecule has 0 radical (unpaired) electrons. The van der Waals surface area contributed by atoms with Gasteiger partial charge in [0, 0.05) is 0 Å². The minimum atomic E-state index is -4.37. The van der Waals surface area contributed by atoms with Crippen LogP contribution >= 0.6 is 0 Å². The molecule has 19 heavy (non-hydrogen) atoms. The number of hydrogen-bond acceptors (Lipinski definition) is 4. The van der Waals surface area contributed by atoms with E-state index < -0.39 is 16.0 Å². The lowest BCUT2D eigenvalue weighted by molar-refractivity contribution is 0.0323. The Morgan fingerprint density at radius 3 is 1.79 bits per heavy atom. The van der Waals surface area contributed by atoms with Crippen LogP contribution in [0.25, 0.3) is 0 Å². The van der Waals surface area contributed by atoms with Crippen molar-refractivity contribution in [2.45, 2.75) is 84.2 Å². The second kappa shape index (κ2) is 10.6. The van der Waals surface area contributed by atoms with Gasteiger partial charge in [0.15, 0.2) is 0 Å². The molecule has 0 aliphatic rings. The third-order valence-corrected chi connectivity index (χ3v) is 3.74. The molecule has 0 aliphatic carbocycles. The molecule has 4 N–H and O–H groups in total. The second-order valence-corrected chi connectivity index (χ2v) is 6.03. The van der Waals surface area contributed by atoms with Crippen LogP contribution in [-0.2, 0) is 14.6 Å². The van der Waals surface area contributed by atoms with Gasteiger partial charge < -0.3 is 6.15 Å². The summed E-state index contributed by atoms with van der Waals surface area (Å²) in [5.41, 5.74) is -0.704. The Bertz CT molecular complexity index is 298. The van der Waals surface area contributed by atoms with Crippen LogP contribution in [0.2, 0.25) is 0 Å². The molecule has 0 fully saturated rings. The smallest absolute Gasteiger partial charge is 0.344 e. The molecule has 0 amide bonds. The van der Waals surface area contributed by atoms with Crippen molar-refractivity contribution in [2.24, 2.45) is 0 Å². The monoisotopic (exact) mass is 297 g/mol.